The predicted molar refractivity (Wildman–Crippen MR) is 86.8 cm³/mol. The summed E-state index contributed by atoms with van der Waals surface area (Å²) in [5.41, 5.74) is 3.28. The number of carbonyl (C=O) groups is 1. The average Bonchev–Trinajstić information content (AvgIpc) is 2.47. The van der Waals surface area contributed by atoms with Crippen molar-refractivity contribution in [1.29, 1.82) is 0 Å². The highest BCUT2D eigenvalue weighted by Gasteiger charge is 2.05. The Kier molecular flexibility index (Phi) is 5.78. The highest BCUT2D eigenvalue weighted by atomic mass is 79.9. The Bertz CT molecular complexity index is 647. The molecule has 2 aromatic carbocycles. The monoisotopic (exact) mass is 366 g/mol. The Labute approximate surface area is 135 Å². The molecule has 0 radical (unpaired) electrons. The van der Waals surface area contributed by atoms with Gasteiger partial charge >= 0.3 is 0 Å². The zero-order valence-corrected chi connectivity index (χ0v) is 13.3. The first-order valence-electron chi connectivity index (χ1n) is 6.10. The summed E-state index contributed by atoms with van der Waals surface area (Å²) in [6.45, 7) is -0.159. The van der Waals surface area contributed by atoms with E-state index >= 15 is 0 Å². The summed E-state index contributed by atoms with van der Waals surface area (Å²) in [6.07, 6.45) is 1.56. The van der Waals surface area contributed by atoms with Gasteiger partial charge in [0.15, 0.2) is 6.61 Å². The van der Waals surface area contributed by atoms with Crippen molar-refractivity contribution in [2.45, 2.75) is 0 Å². The summed E-state index contributed by atoms with van der Waals surface area (Å²) in [7, 11) is 0. The van der Waals surface area contributed by atoms with Crippen LogP contribution in [0.15, 0.2) is 58.1 Å². The summed E-state index contributed by atoms with van der Waals surface area (Å²) in [5, 5.41) is 4.28. The normalized spacial score (nSPS) is 10.6. The van der Waals surface area contributed by atoms with E-state index in [1.807, 2.05) is 30.3 Å². The van der Waals surface area contributed by atoms with Gasteiger partial charge < -0.3 is 4.74 Å². The van der Waals surface area contributed by atoms with Crippen LogP contribution in [-0.2, 0) is 4.79 Å². The van der Waals surface area contributed by atoms with Crippen LogP contribution in [0.5, 0.6) is 5.75 Å². The Balaban J connectivity index is 1.81. The van der Waals surface area contributed by atoms with Gasteiger partial charge in [-0.1, -0.05) is 57.9 Å². The number of carbonyl (C=O) groups excluding carboxylic acids is 1. The molecule has 2 rings (SSSR count). The molecule has 0 heterocycles. The fourth-order valence-corrected chi connectivity index (χ4v) is 2.21. The van der Waals surface area contributed by atoms with Gasteiger partial charge in [-0.3, -0.25) is 4.79 Å². The summed E-state index contributed by atoms with van der Waals surface area (Å²) in [5.74, 6) is 0.0863. The molecule has 0 aromatic heterocycles. The SMILES string of the molecule is O=C(COc1ccc(Br)cc1Cl)NN=Cc1ccccc1. The Morgan fingerprint density at radius 3 is 2.76 bits per heavy atom. The van der Waals surface area contributed by atoms with E-state index in [0.717, 1.165) is 10.0 Å². The van der Waals surface area contributed by atoms with Crippen LogP contribution in [-0.4, -0.2) is 18.7 Å². The van der Waals surface area contributed by atoms with Gasteiger partial charge in [-0.15, -0.1) is 0 Å². The minimum absolute atomic E-state index is 0.159. The molecule has 0 atom stereocenters. The van der Waals surface area contributed by atoms with Gasteiger partial charge in [-0.2, -0.15) is 5.10 Å². The maximum absolute atomic E-state index is 11.6. The maximum atomic E-state index is 11.6. The van der Waals surface area contributed by atoms with E-state index in [4.69, 9.17) is 16.3 Å². The van der Waals surface area contributed by atoms with E-state index in [0.29, 0.717) is 10.8 Å². The van der Waals surface area contributed by atoms with Crippen LogP contribution >= 0.6 is 27.5 Å². The maximum Gasteiger partial charge on any atom is 0.277 e. The summed E-state index contributed by atoms with van der Waals surface area (Å²) >= 11 is 9.28. The second-order valence-electron chi connectivity index (χ2n) is 4.07. The van der Waals surface area contributed by atoms with Crippen molar-refractivity contribution in [1.82, 2.24) is 5.43 Å². The number of hydrogen-bond acceptors (Lipinski definition) is 3. The molecule has 2 aromatic rings. The van der Waals surface area contributed by atoms with E-state index in [1.165, 1.54) is 0 Å². The van der Waals surface area contributed by atoms with Gasteiger partial charge in [0.25, 0.3) is 5.91 Å². The third-order valence-corrected chi connectivity index (χ3v) is 3.24. The van der Waals surface area contributed by atoms with Crippen molar-refractivity contribution < 1.29 is 9.53 Å². The number of hydrazone groups is 1. The van der Waals surface area contributed by atoms with Crippen molar-refractivity contribution in [2.75, 3.05) is 6.61 Å². The molecule has 6 heteroatoms. The van der Waals surface area contributed by atoms with Crippen molar-refractivity contribution in [3.05, 3.63) is 63.6 Å². The van der Waals surface area contributed by atoms with Crippen LogP contribution in [0.25, 0.3) is 0 Å². The van der Waals surface area contributed by atoms with Crippen LogP contribution in [0.3, 0.4) is 0 Å². The standard InChI is InChI=1S/C15H12BrClN2O2/c16-12-6-7-14(13(17)8-12)21-10-15(20)19-18-9-11-4-2-1-3-5-11/h1-9H,10H2,(H,19,20). The molecular formula is C15H12BrClN2O2. The molecule has 0 bridgehead atoms. The summed E-state index contributed by atoms with van der Waals surface area (Å²) in [6, 6.07) is 14.6. The molecule has 21 heavy (non-hydrogen) atoms. The molecule has 0 fully saturated rings. The Hall–Kier alpha value is -1.85. The highest BCUT2D eigenvalue weighted by molar-refractivity contribution is 9.10. The first-order valence-corrected chi connectivity index (χ1v) is 7.27. The average molecular weight is 368 g/mol. The second kappa shape index (κ2) is 7.81. The summed E-state index contributed by atoms with van der Waals surface area (Å²) in [4.78, 5) is 11.6. The number of ether oxygens (including phenoxy) is 1. The number of nitrogens with one attached hydrogen (secondary N) is 1. The predicted octanol–water partition coefficient (Wildman–Crippen LogP) is 3.63. The fraction of sp³-hybridized carbons (Fsp3) is 0.0667. The minimum Gasteiger partial charge on any atom is -0.482 e. The number of nitrogens with zero attached hydrogens (tertiary/aromatic N) is 1. The molecule has 0 aliphatic heterocycles. The van der Waals surface area contributed by atoms with Crippen LogP contribution in [0.2, 0.25) is 5.02 Å². The van der Waals surface area contributed by atoms with E-state index < -0.39 is 0 Å². The second-order valence-corrected chi connectivity index (χ2v) is 5.39. The lowest BCUT2D eigenvalue weighted by molar-refractivity contribution is -0.123. The van der Waals surface area contributed by atoms with Gasteiger partial charge in [0, 0.05) is 4.47 Å². The molecule has 1 amide bonds. The zero-order chi connectivity index (χ0) is 15.1. The Morgan fingerprint density at radius 1 is 1.29 bits per heavy atom. The lowest BCUT2D eigenvalue weighted by Crippen LogP contribution is -2.24. The van der Waals surface area contributed by atoms with E-state index in [-0.39, 0.29) is 12.5 Å². The van der Waals surface area contributed by atoms with Crippen LogP contribution in [0.1, 0.15) is 5.56 Å². The van der Waals surface area contributed by atoms with E-state index in [2.05, 4.69) is 26.5 Å². The number of halogens is 2. The number of rotatable bonds is 5. The van der Waals surface area contributed by atoms with Gasteiger partial charge in [-0.05, 0) is 23.8 Å². The molecule has 0 aliphatic carbocycles. The topological polar surface area (TPSA) is 50.7 Å². The molecule has 1 N–H and O–H groups in total. The van der Waals surface area contributed by atoms with Crippen LogP contribution in [0, 0.1) is 0 Å². The quantitative estimate of drug-likeness (QED) is 0.648. The van der Waals surface area contributed by atoms with E-state index in [9.17, 15) is 4.79 Å². The zero-order valence-electron chi connectivity index (χ0n) is 10.9. The number of benzene rings is 2. The smallest absolute Gasteiger partial charge is 0.277 e. The Morgan fingerprint density at radius 2 is 2.05 bits per heavy atom. The number of hydrogen-bond donors (Lipinski definition) is 1. The minimum atomic E-state index is -0.360. The lowest BCUT2D eigenvalue weighted by Gasteiger charge is -2.07. The molecule has 0 saturated heterocycles. The van der Waals surface area contributed by atoms with Crippen molar-refractivity contribution in [3.8, 4) is 5.75 Å². The van der Waals surface area contributed by atoms with Crippen molar-refractivity contribution in [3.63, 3.8) is 0 Å². The van der Waals surface area contributed by atoms with Gasteiger partial charge in [0.05, 0.1) is 11.2 Å². The highest BCUT2D eigenvalue weighted by Crippen LogP contribution is 2.27. The number of amides is 1. The third kappa shape index (κ3) is 5.21. The van der Waals surface area contributed by atoms with Gasteiger partial charge in [0.1, 0.15) is 5.75 Å². The molecular weight excluding hydrogens is 356 g/mol. The first-order chi connectivity index (χ1) is 10.1. The molecule has 0 spiro atoms. The van der Waals surface area contributed by atoms with Crippen LogP contribution in [0.4, 0.5) is 0 Å². The van der Waals surface area contributed by atoms with Gasteiger partial charge in [-0.25, -0.2) is 5.43 Å². The third-order valence-electron chi connectivity index (χ3n) is 2.46. The molecule has 4 nitrogen and oxygen atoms in total. The van der Waals surface area contributed by atoms with Crippen LogP contribution < -0.4 is 10.2 Å². The van der Waals surface area contributed by atoms with E-state index in [1.54, 1.807) is 24.4 Å². The molecule has 108 valence electrons. The largest absolute Gasteiger partial charge is 0.482 e. The van der Waals surface area contributed by atoms with Gasteiger partial charge in [0.2, 0.25) is 0 Å². The van der Waals surface area contributed by atoms with Crippen molar-refractivity contribution >= 4 is 39.7 Å². The fourth-order valence-electron chi connectivity index (χ4n) is 1.49. The molecule has 0 saturated carbocycles. The first kappa shape index (κ1) is 15.5. The molecule has 0 unspecified atom stereocenters. The van der Waals surface area contributed by atoms with Crippen molar-refractivity contribution in [2.24, 2.45) is 5.10 Å². The molecule has 0 aliphatic rings. The summed E-state index contributed by atoms with van der Waals surface area (Å²) < 4.78 is 6.16. The lowest BCUT2D eigenvalue weighted by atomic mass is 10.2.